The van der Waals surface area contributed by atoms with Crippen molar-refractivity contribution >= 4 is 11.8 Å². The van der Waals surface area contributed by atoms with E-state index in [4.69, 9.17) is 0 Å². The van der Waals surface area contributed by atoms with Crippen LogP contribution in [-0.4, -0.2) is 13.2 Å². The topological polar surface area (TPSA) is 38.3 Å². The molecule has 1 N–H and O–H groups in total. The lowest BCUT2D eigenvalue weighted by atomic mass is 10.1. The summed E-state index contributed by atoms with van der Waals surface area (Å²) in [6.45, 7) is 2.02. The first kappa shape index (κ1) is 11.3. The molecule has 3 nitrogen and oxygen atoms in total. The van der Waals surface area contributed by atoms with Crippen LogP contribution >= 0.6 is 0 Å². The maximum Gasteiger partial charge on any atom is 0.411 e. The zero-order valence-corrected chi connectivity index (χ0v) is 8.99. The molecule has 0 bridgehead atoms. The van der Waals surface area contributed by atoms with Gasteiger partial charge in [0.15, 0.2) is 0 Å². The van der Waals surface area contributed by atoms with Crippen molar-refractivity contribution in [3.8, 4) is 0 Å². The Bertz CT molecular complexity index is 344. The Kier molecular flexibility index (Phi) is 4.41. The van der Waals surface area contributed by atoms with Crippen molar-refractivity contribution in [3.05, 3.63) is 42.0 Å². The molecule has 0 spiro atoms. The van der Waals surface area contributed by atoms with Gasteiger partial charge in [0, 0.05) is 5.70 Å². The number of nitrogens with one attached hydrogen (secondary N) is 1. The van der Waals surface area contributed by atoms with E-state index >= 15 is 0 Å². The molecule has 80 valence electrons. The summed E-state index contributed by atoms with van der Waals surface area (Å²) in [4.78, 5) is 11.1. The predicted octanol–water partition coefficient (Wildman–Crippen LogP) is 2.79. The largest absolute Gasteiger partial charge is 0.453 e. The van der Waals surface area contributed by atoms with Gasteiger partial charge in [0.05, 0.1) is 7.11 Å². The van der Waals surface area contributed by atoms with Crippen LogP contribution in [0.2, 0.25) is 0 Å². The van der Waals surface area contributed by atoms with Gasteiger partial charge in [-0.15, -0.1) is 0 Å². The second-order valence-electron chi connectivity index (χ2n) is 3.01. The highest BCUT2D eigenvalue weighted by molar-refractivity contribution is 5.81. The van der Waals surface area contributed by atoms with E-state index in [1.165, 1.54) is 7.11 Å². The van der Waals surface area contributed by atoms with E-state index in [-0.39, 0.29) is 0 Å². The van der Waals surface area contributed by atoms with Crippen LogP contribution in [0.25, 0.3) is 5.70 Å². The van der Waals surface area contributed by atoms with Gasteiger partial charge in [-0.3, -0.25) is 5.32 Å². The predicted molar refractivity (Wildman–Crippen MR) is 60.3 cm³/mol. The normalized spacial score (nSPS) is 10.9. The van der Waals surface area contributed by atoms with Crippen LogP contribution in [0.1, 0.15) is 18.9 Å². The molecule has 1 aromatic rings. The number of allylic oxidation sites excluding steroid dienone is 1. The fourth-order valence-corrected chi connectivity index (χ4v) is 1.22. The highest BCUT2D eigenvalue weighted by Gasteiger charge is 2.04. The summed E-state index contributed by atoms with van der Waals surface area (Å²) in [5.74, 6) is 0. The van der Waals surface area contributed by atoms with Crippen molar-refractivity contribution in [2.45, 2.75) is 13.3 Å². The number of hydrogen-bond acceptors (Lipinski definition) is 2. The summed E-state index contributed by atoms with van der Waals surface area (Å²) in [5, 5.41) is 2.68. The highest BCUT2D eigenvalue weighted by Crippen LogP contribution is 2.11. The maximum atomic E-state index is 11.1. The molecule has 0 fully saturated rings. The average molecular weight is 205 g/mol. The molecule has 0 aliphatic heterocycles. The zero-order valence-electron chi connectivity index (χ0n) is 8.99. The quantitative estimate of drug-likeness (QED) is 0.824. The van der Waals surface area contributed by atoms with Gasteiger partial charge in [-0.05, 0) is 12.0 Å². The van der Waals surface area contributed by atoms with Gasteiger partial charge in [-0.2, -0.15) is 0 Å². The number of benzene rings is 1. The summed E-state index contributed by atoms with van der Waals surface area (Å²) >= 11 is 0. The Morgan fingerprint density at radius 1 is 1.40 bits per heavy atom. The minimum atomic E-state index is -0.446. The minimum Gasteiger partial charge on any atom is -0.453 e. The van der Waals surface area contributed by atoms with Crippen LogP contribution in [0.15, 0.2) is 36.4 Å². The third-order valence-electron chi connectivity index (χ3n) is 1.92. The fourth-order valence-electron chi connectivity index (χ4n) is 1.22. The molecule has 0 atom stereocenters. The summed E-state index contributed by atoms with van der Waals surface area (Å²) in [6.07, 6.45) is 2.36. The lowest BCUT2D eigenvalue weighted by Gasteiger charge is -2.08. The van der Waals surface area contributed by atoms with Crippen LogP contribution in [0, 0.1) is 0 Å². The molecule has 15 heavy (non-hydrogen) atoms. The average Bonchev–Trinajstić information content (AvgIpc) is 2.29. The number of amides is 1. The van der Waals surface area contributed by atoms with E-state index in [2.05, 4.69) is 10.1 Å². The molecule has 0 aliphatic carbocycles. The molecule has 0 saturated heterocycles. The Hall–Kier alpha value is -1.77. The van der Waals surface area contributed by atoms with Crippen LogP contribution in [-0.2, 0) is 4.74 Å². The number of methoxy groups -OCH3 is 1. The van der Waals surface area contributed by atoms with Gasteiger partial charge >= 0.3 is 6.09 Å². The Labute approximate surface area is 89.8 Å². The zero-order chi connectivity index (χ0) is 11.1. The third-order valence-corrected chi connectivity index (χ3v) is 1.92. The number of carbonyl (C=O) groups excluding carboxylic acids is 1. The van der Waals surface area contributed by atoms with E-state index in [0.29, 0.717) is 0 Å². The van der Waals surface area contributed by atoms with Gasteiger partial charge in [-0.1, -0.05) is 43.3 Å². The Morgan fingerprint density at radius 3 is 2.60 bits per heavy atom. The van der Waals surface area contributed by atoms with Crippen molar-refractivity contribution in [3.63, 3.8) is 0 Å². The molecular formula is C12H15NO2. The summed E-state index contributed by atoms with van der Waals surface area (Å²) in [7, 11) is 1.35. The lowest BCUT2D eigenvalue weighted by Crippen LogP contribution is -2.21. The third kappa shape index (κ3) is 3.46. The van der Waals surface area contributed by atoms with E-state index in [1.54, 1.807) is 0 Å². The number of alkyl carbamates (subject to hydrolysis) is 1. The smallest absolute Gasteiger partial charge is 0.411 e. The van der Waals surface area contributed by atoms with E-state index in [1.807, 2.05) is 43.3 Å². The Morgan fingerprint density at radius 2 is 2.07 bits per heavy atom. The molecule has 0 saturated carbocycles. The van der Waals surface area contributed by atoms with Crippen LogP contribution < -0.4 is 5.32 Å². The second-order valence-corrected chi connectivity index (χ2v) is 3.01. The maximum absolute atomic E-state index is 11.1. The summed E-state index contributed by atoms with van der Waals surface area (Å²) in [5.41, 5.74) is 1.76. The van der Waals surface area contributed by atoms with E-state index in [9.17, 15) is 4.79 Å². The molecule has 0 heterocycles. The second kappa shape index (κ2) is 5.86. The highest BCUT2D eigenvalue weighted by atomic mass is 16.5. The van der Waals surface area contributed by atoms with Crippen LogP contribution in [0.5, 0.6) is 0 Å². The number of carbonyl (C=O) groups is 1. The van der Waals surface area contributed by atoms with Crippen molar-refractivity contribution in [1.82, 2.24) is 5.32 Å². The molecule has 0 aromatic heterocycles. The Balaban J connectivity index is 2.85. The monoisotopic (exact) mass is 205 g/mol. The molecule has 0 radical (unpaired) electrons. The minimum absolute atomic E-state index is 0.446. The molecule has 1 amide bonds. The van der Waals surface area contributed by atoms with Crippen molar-refractivity contribution in [2.75, 3.05) is 7.11 Å². The molecule has 3 heteroatoms. The van der Waals surface area contributed by atoms with E-state index in [0.717, 1.165) is 17.7 Å². The summed E-state index contributed by atoms with van der Waals surface area (Å²) < 4.78 is 4.56. The standard InChI is InChI=1S/C12H15NO2/c1-3-7-11(13-12(14)15-2)10-8-5-4-6-9-10/h4-9H,3H2,1-2H3,(H,13,14). The van der Waals surface area contributed by atoms with Gasteiger partial charge in [-0.25, -0.2) is 4.79 Å². The number of hydrogen-bond donors (Lipinski definition) is 1. The van der Waals surface area contributed by atoms with Crippen molar-refractivity contribution < 1.29 is 9.53 Å². The van der Waals surface area contributed by atoms with Gasteiger partial charge < -0.3 is 4.74 Å². The molecular weight excluding hydrogens is 190 g/mol. The van der Waals surface area contributed by atoms with Gasteiger partial charge in [0.25, 0.3) is 0 Å². The van der Waals surface area contributed by atoms with Gasteiger partial charge in [0.2, 0.25) is 0 Å². The van der Waals surface area contributed by atoms with E-state index < -0.39 is 6.09 Å². The number of ether oxygens (including phenoxy) is 1. The first-order chi connectivity index (χ1) is 7.27. The summed E-state index contributed by atoms with van der Waals surface area (Å²) in [6, 6.07) is 9.68. The fraction of sp³-hybridized carbons (Fsp3) is 0.250. The van der Waals surface area contributed by atoms with Crippen molar-refractivity contribution in [1.29, 1.82) is 0 Å². The molecule has 1 aromatic carbocycles. The van der Waals surface area contributed by atoms with Crippen molar-refractivity contribution in [2.24, 2.45) is 0 Å². The first-order valence-electron chi connectivity index (χ1n) is 4.88. The molecule has 0 unspecified atom stereocenters. The SMILES string of the molecule is CCC=C(NC(=O)OC)c1ccccc1. The van der Waals surface area contributed by atoms with Crippen LogP contribution in [0.3, 0.4) is 0 Å². The molecule has 1 rings (SSSR count). The lowest BCUT2D eigenvalue weighted by molar-refractivity contribution is 0.176. The van der Waals surface area contributed by atoms with Gasteiger partial charge in [0.1, 0.15) is 0 Å². The first-order valence-corrected chi connectivity index (χ1v) is 4.88. The number of rotatable bonds is 3. The van der Waals surface area contributed by atoms with Crippen LogP contribution in [0.4, 0.5) is 4.79 Å². The molecule has 0 aliphatic rings.